The molecule has 0 saturated heterocycles. The molecule has 5 heteroatoms. The molecule has 0 aliphatic rings. The van der Waals surface area contributed by atoms with Gasteiger partial charge in [-0.2, -0.15) is 5.10 Å². The van der Waals surface area contributed by atoms with Crippen LogP contribution in [0.3, 0.4) is 0 Å². The van der Waals surface area contributed by atoms with Gasteiger partial charge in [0.25, 0.3) is 0 Å². The Kier molecular flexibility index (Phi) is 3.57. The Bertz CT molecular complexity index is 377. The molecule has 0 bridgehead atoms. The van der Waals surface area contributed by atoms with E-state index in [0.29, 0.717) is 12.3 Å². The molecule has 16 heavy (non-hydrogen) atoms. The van der Waals surface area contributed by atoms with Crippen LogP contribution in [0.1, 0.15) is 43.9 Å². The van der Waals surface area contributed by atoms with Crippen LogP contribution in [0.25, 0.3) is 0 Å². The van der Waals surface area contributed by atoms with Crippen molar-refractivity contribution in [3.05, 3.63) is 11.4 Å². The van der Waals surface area contributed by atoms with Gasteiger partial charge in [0.15, 0.2) is 5.69 Å². The molecule has 0 spiro atoms. The smallest absolute Gasteiger partial charge is 0.361 e. The fourth-order valence-electron chi connectivity index (χ4n) is 1.41. The second kappa shape index (κ2) is 4.55. The first-order chi connectivity index (χ1) is 7.35. The molecule has 0 aliphatic carbocycles. The molecule has 0 fully saturated rings. The quantitative estimate of drug-likeness (QED) is 0.768. The summed E-state index contributed by atoms with van der Waals surface area (Å²) < 4.78 is 4.85. The van der Waals surface area contributed by atoms with Crippen LogP contribution in [0.4, 0.5) is 5.69 Å². The lowest BCUT2D eigenvalue weighted by Gasteiger charge is -2.16. The van der Waals surface area contributed by atoms with E-state index < -0.39 is 5.97 Å². The zero-order chi connectivity index (χ0) is 12.3. The second-order valence-electron chi connectivity index (χ2n) is 4.92. The third-order valence-corrected chi connectivity index (χ3v) is 2.06. The van der Waals surface area contributed by atoms with Crippen molar-refractivity contribution < 1.29 is 9.53 Å². The zero-order valence-electron chi connectivity index (χ0n) is 10.3. The Balaban J connectivity index is 2.88. The Morgan fingerprint density at radius 1 is 1.50 bits per heavy atom. The number of carbonyl (C=O) groups is 1. The van der Waals surface area contributed by atoms with Crippen molar-refractivity contribution in [3.63, 3.8) is 0 Å². The number of nitrogens with zero attached hydrogens (tertiary/aromatic N) is 1. The van der Waals surface area contributed by atoms with Crippen LogP contribution in [-0.2, 0) is 11.2 Å². The monoisotopic (exact) mass is 225 g/mol. The fraction of sp³-hybridized carbons (Fsp3) is 0.636. The van der Waals surface area contributed by atoms with Gasteiger partial charge in [0.1, 0.15) is 0 Å². The van der Waals surface area contributed by atoms with Crippen molar-refractivity contribution in [1.82, 2.24) is 10.2 Å². The molecule has 0 aromatic carbocycles. The lowest BCUT2D eigenvalue weighted by atomic mass is 9.90. The maximum Gasteiger partial charge on any atom is 0.361 e. The summed E-state index contributed by atoms with van der Waals surface area (Å²) in [6.45, 7) is 8.35. The van der Waals surface area contributed by atoms with Crippen molar-refractivity contribution in [3.8, 4) is 0 Å². The maximum absolute atomic E-state index is 11.5. The molecule has 0 radical (unpaired) electrons. The molecule has 5 nitrogen and oxygen atoms in total. The largest absolute Gasteiger partial charge is 0.461 e. The van der Waals surface area contributed by atoms with Crippen LogP contribution >= 0.6 is 0 Å². The minimum absolute atomic E-state index is 0.0899. The van der Waals surface area contributed by atoms with Crippen LogP contribution in [-0.4, -0.2) is 22.8 Å². The number of nitrogens with one attached hydrogen (secondary N) is 1. The van der Waals surface area contributed by atoms with Crippen LogP contribution in [0.15, 0.2) is 0 Å². The SMILES string of the molecule is CCOC(=O)c1n[nH]c(CC(C)(C)C)c1N. The average Bonchev–Trinajstić information content (AvgIpc) is 2.46. The van der Waals surface area contributed by atoms with E-state index >= 15 is 0 Å². The zero-order valence-corrected chi connectivity index (χ0v) is 10.3. The molecule has 1 rings (SSSR count). The summed E-state index contributed by atoms with van der Waals surface area (Å²) >= 11 is 0. The second-order valence-corrected chi connectivity index (χ2v) is 4.92. The number of esters is 1. The summed E-state index contributed by atoms with van der Waals surface area (Å²) in [6, 6.07) is 0. The summed E-state index contributed by atoms with van der Waals surface area (Å²) in [5.74, 6) is -0.476. The predicted octanol–water partition coefficient (Wildman–Crippen LogP) is 1.76. The van der Waals surface area contributed by atoms with Crippen molar-refractivity contribution >= 4 is 11.7 Å². The Morgan fingerprint density at radius 3 is 2.62 bits per heavy atom. The predicted molar refractivity (Wildman–Crippen MR) is 62.1 cm³/mol. The van der Waals surface area contributed by atoms with E-state index in [1.54, 1.807) is 6.92 Å². The summed E-state index contributed by atoms with van der Waals surface area (Å²) in [5.41, 5.74) is 7.30. The lowest BCUT2D eigenvalue weighted by Crippen LogP contribution is -2.12. The van der Waals surface area contributed by atoms with E-state index in [-0.39, 0.29) is 11.1 Å². The van der Waals surface area contributed by atoms with E-state index in [1.165, 1.54) is 0 Å². The highest BCUT2D eigenvalue weighted by atomic mass is 16.5. The number of hydrogen-bond acceptors (Lipinski definition) is 4. The third kappa shape index (κ3) is 2.98. The molecular weight excluding hydrogens is 206 g/mol. The highest BCUT2D eigenvalue weighted by molar-refractivity contribution is 5.93. The topological polar surface area (TPSA) is 81.0 Å². The highest BCUT2D eigenvalue weighted by Gasteiger charge is 2.21. The van der Waals surface area contributed by atoms with Crippen LogP contribution in [0.5, 0.6) is 0 Å². The number of aromatic nitrogens is 2. The van der Waals surface area contributed by atoms with Gasteiger partial charge in [-0.05, 0) is 18.8 Å². The standard InChI is InChI=1S/C11H19N3O2/c1-5-16-10(15)9-8(12)7(13-14-9)6-11(2,3)4/h5-6,12H2,1-4H3,(H,13,14). The van der Waals surface area contributed by atoms with Gasteiger partial charge < -0.3 is 10.5 Å². The number of rotatable bonds is 3. The highest BCUT2D eigenvalue weighted by Crippen LogP contribution is 2.24. The normalized spacial score (nSPS) is 11.5. The van der Waals surface area contributed by atoms with Crippen molar-refractivity contribution in [2.75, 3.05) is 12.3 Å². The number of nitrogens with two attached hydrogens (primary N) is 1. The first-order valence-corrected chi connectivity index (χ1v) is 5.35. The fourth-order valence-corrected chi connectivity index (χ4v) is 1.41. The van der Waals surface area contributed by atoms with E-state index in [4.69, 9.17) is 10.5 Å². The summed E-state index contributed by atoms with van der Waals surface area (Å²) in [6.07, 6.45) is 0.741. The maximum atomic E-state index is 11.5. The minimum Gasteiger partial charge on any atom is -0.461 e. The molecular formula is C11H19N3O2. The summed E-state index contributed by atoms with van der Waals surface area (Å²) in [4.78, 5) is 11.5. The number of anilines is 1. The molecule has 0 aliphatic heterocycles. The number of H-pyrrole nitrogens is 1. The van der Waals surface area contributed by atoms with E-state index in [2.05, 4.69) is 31.0 Å². The number of carbonyl (C=O) groups excluding carboxylic acids is 1. The van der Waals surface area contributed by atoms with Gasteiger partial charge >= 0.3 is 5.97 Å². The van der Waals surface area contributed by atoms with Gasteiger partial charge in [-0.1, -0.05) is 20.8 Å². The molecule has 90 valence electrons. The van der Waals surface area contributed by atoms with E-state index in [0.717, 1.165) is 12.1 Å². The van der Waals surface area contributed by atoms with Gasteiger partial charge in [-0.3, -0.25) is 5.10 Å². The van der Waals surface area contributed by atoms with Crippen molar-refractivity contribution in [2.24, 2.45) is 5.41 Å². The van der Waals surface area contributed by atoms with Gasteiger partial charge in [0.2, 0.25) is 0 Å². The van der Waals surface area contributed by atoms with Gasteiger partial charge in [0, 0.05) is 0 Å². The number of hydrogen-bond donors (Lipinski definition) is 2. The van der Waals surface area contributed by atoms with Gasteiger partial charge in [-0.25, -0.2) is 4.79 Å². The molecule has 1 heterocycles. The number of ether oxygens (including phenoxy) is 1. The first kappa shape index (κ1) is 12.5. The average molecular weight is 225 g/mol. The van der Waals surface area contributed by atoms with Crippen molar-refractivity contribution in [1.29, 1.82) is 0 Å². The van der Waals surface area contributed by atoms with E-state index in [9.17, 15) is 4.79 Å². The molecule has 3 N–H and O–H groups in total. The first-order valence-electron chi connectivity index (χ1n) is 5.35. The Hall–Kier alpha value is -1.52. The lowest BCUT2D eigenvalue weighted by molar-refractivity contribution is 0.0520. The minimum atomic E-state index is -0.476. The molecule has 0 saturated carbocycles. The van der Waals surface area contributed by atoms with Gasteiger partial charge in [-0.15, -0.1) is 0 Å². The van der Waals surface area contributed by atoms with Gasteiger partial charge in [0.05, 0.1) is 18.0 Å². The Morgan fingerprint density at radius 2 is 2.12 bits per heavy atom. The molecule has 1 aromatic heterocycles. The summed E-state index contributed by atoms with van der Waals surface area (Å²) in [5, 5.41) is 6.69. The van der Waals surface area contributed by atoms with Crippen molar-refractivity contribution in [2.45, 2.75) is 34.1 Å². The number of aromatic amines is 1. The van der Waals surface area contributed by atoms with Crippen LogP contribution in [0, 0.1) is 5.41 Å². The molecule has 0 amide bonds. The molecule has 1 aromatic rings. The van der Waals surface area contributed by atoms with Crippen LogP contribution < -0.4 is 5.73 Å². The summed E-state index contributed by atoms with van der Waals surface area (Å²) in [7, 11) is 0. The van der Waals surface area contributed by atoms with E-state index in [1.807, 2.05) is 0 Å². The molecule has 0 atom stereocenters. The Labute approximate surface area is 95.4 Å². The number of nitrogen functional groups attached to an aromatic ring is 1. The third-order valence-electron chi connectivity index (χ3n) is 2.06. The molecule has 0 unspecified atom stereocenters. The van der Waals surface area contributed by atoms with Crippen LogP contribution in [0.2, 0.25) is 0 Å².